The highest BCUT2D eigenvalue weighted by atomic mass is 35.5. The van der Waals surface area contributed by atoms with Gasteiger partial charge in [-0.3, -0.25) is 4.79 Å². The van der Waals surface area contributed by atoms with E-state index in [2.05, 4.69) is 34.1 Å². The number of nitrogens with zero attached hydrogens (tertiary/aromatic N) is 2. The SMILES string of the molecule is CC(C)[C@@H](C)NC(=O)CSc1nc2ncc(Cl)cc2[nH]1. The second kappa shape index (κ2) is 6.45. The lowest BCUT2D eigenvalue weighted by Crippen LogP contribution is -2.37. The molecule has 0 bridgehead atoms. The van der Waals surface area contributed by atoms with Gasteiger partial charge in [-0.15, -0.1) is 0 Å². The third-order valence-electron chi connectivity index (χ3n) is 3.01. The van der Waals surface area contributed by atoms with Crippen molar-refractivity contribution in [1.29, 1.82) is 0 Å². The summed E-state index contributed by atoms with van der Waals surface area (Å²) in [5.41, 5.74) is 1.38. The Labute approximate surface area is 126 Å². The van der Waals surface area contributed by atoms with Crippen molar-refractivity contribution in [1.82, 2.24) is 20.3 Å². The first-order valence-corrected chi connectivity index (χ1v) is 7.75. The number of halogens is 1. The fourth-order valence-electron chi connectivity index (χ4n) is 1.52. The average Bonchev–Trinajstić information content (AvgIpc) is 2.78. The van der Waals surface area contributed by atoms with Gasteiger partial charge >= 0.3 is 0 Å². The molecule has 0 saturated carbocycles. The number of aromatic amines is 1. The summed E-state index contributed by atoms with van der Waals surface area (Å²) in [5.74, 6) is 0.745. The molecule has 108 valence electrons. The molecular weight excluding hydrogens is 296 g/mol. The summed E-state index contributed by atoms with van der Waals surface area (Å²) in [6.07, 6.45) is 1.55. The van der Waals surface area contributed by atoms with Crippen LogP contribution in [0.3, 0.4) is 0 Å². The summed E-state index contributed by atoms with van der Waals surface area (Å²) in [5, 5.41) is 4.18. The van der Waals surface area contributed by atoms with Gasteiger partial charge in [0.2, 0.25) is 5.91 Å². The van der Waals surface area contributed by atoms with Gasteiger partial charge in [0.15, 0.2) is 10.8 Å². The van der Waals surface area contributed by atoms with E-state index in [4.69, 9.17) is 11.6 Å². The number of nitrogens with one attached hydrogen (secondary N) is 2. The van der Waals surface area contributed by atoms with E-state index in [9.17, 15) is 4.79 Å². The maximum atomic E-state index is 11.8. The largest absolute Gasteiger partial charge is 0.353 e. The number of rotatable bonds is 5. The second-order valence-electron chi connectivity index (χ2n) is 4.96. The zero-order valence-electron chi connectivity index (χ0n) is 11.6. The molecule has 0 spiro atoms. The van der Waals surface area contributed by atoms with E-state index in [0.29, 0.717) is 27.5 Å². The summed E-state index contributed by atoms with van der Waals surface area (Å²) in [6, 6.07) is 1.93. The summed E-state index contributed by atoms with van der Waals surface area (Å²) in [7, 11) is 0. The third-order valence-corrected chi connectivity index (χ3v) is 4.09. The van der Waals surface area contributed by atoms with Gasteiger partial charge in [0.05, 0.1) is 16.3 Å². The van der Waals surface area contributed by atoms with Crippen LogP contribution in [0, 0.1) is 5.92 Å². The molecule has 1 amide bonds. The standard InChI is InChI=1S/C13H17ClN4OS/c1-7(2)8(3)16-11(19)6-20-13-17-10-4-9(14)5-15-12(10)18-13/h4-5,7-8H,6H2,1-3H3,(H,16,19)(H,15,17,18)/t8-/m1/s1. The van der Waals surface area contributed by atoms with E-state index >= 15 is 0 Å². The van der Waals surface area contributed by atoms with E-state index in [1.165, 1.54) is 11.8 Å². The van der Waals surface area contributed by atoms with Crippen molar-refractivity contribution < 1.29 is 4.79 Å². The Bertz CT molecular complexity index is 613. The zero-order chi connectivity index (χ0) is 14.7. The van der Waals surface area contributed by atoms with Gasteiger partial charge < -0.3 is 10.3 Å². The monoisotopic (exact) mass is 312 g/mol. The number of imidazole rings is 1. The average molecular weight is 313 g/mol. The van der Waals surface area contributed by atoms with Crippen LogP contribution in [0.4, 0.5) is 0 Å². The van der Waals surface area contributed by atoms with Crippen molar-refractivity contribution >= 4 is 40.4 Å². The molecule has 0 unspecified atom stereocenters. The number of hydrogen-bond donors (Lipinski definition) is 2. The molecule has 1 atom stereocenters. The number of hydrogen-bond acceptors (Lipinski definition) is 4. The molecule has 2 rings (SSSR count). The highest BCUT2D eigenvalue weighted by Gasteiger charge is 2.12. The molecule has 0 fully saturated rings. The molecule has 0 saturated heterocycles. The van der Waals surface area contributed by atoms with Gasteiger partial charge in [-0.25, -0.2) is 9.97 Å². The molecule has 7 heteroatoms. The topological polar surface area (TPSA) is 70.7 Å². The summed E-state index contributed by atoms with van der Waals surface area (Å²) in [4.78, 5) is 23.3. The maximum Gasteiger partial charge on any atom is 0.230 e. The van der Waals surface area contributed by atoms with Crippen LogP contribution in [0.25, 0.3) is 11.2 Å². The fraction of sp³-hybridized carbons (Fsp3) is 0.462. The van der Waals surface area contributed by atoms with Crippen LogP contribution in [0.2, 0.25) is 5.02 Å². The quantitative estimate of drug-likeness (QED) is 0.833. The Balaban J connectivity index is 1.94. The smallest absolute Gasteiger partial charge is 0.230 e. The Kier molecular flexibility index (Phi) is 4.88. The lowest BCUT2D eigenvalue weighted by molar-refractivity contribution is -0.119. The Hall–Kier alpha value is -1.27. The van der Waals surface area contributed by atoms with Crippen LogP contribution in [0.15, 0.2) is 17.4 Å². The van der Waals surface area contributed by atoms with Gasteiger partial charge in [0.25, 0.3) is 0 Å². The number of aromatic nitrogens is 3. The minimum Gasteiger partial charge on any atom is -0.353 e. The van der Waals surface area contributed by atoms with Crippen LogP contribution in [0.1, 0.15) is 20.8 Å². The van der Waals surface area contributed by atoms with E-state index in [0.717, 1.165) is 5.52 Å². The fourth-order valence-corrected chi connectivity index (χ4v) is 2.36. The molecule has 0 aliphatic carbocycles. The van der Waals surface area contributed by atoms with Crippen molar-refractivity contribution in [2.24, 2.45) is 5.92 Å². The highest BCUT2D eigenvalue weighted by Crippen LogP contribution is 2.20. The molecule has 0 aliphatic heterocycles. The van der Waals surface area contributed by atoms with E-state index < -0.39 is 0 Å². The molecule has 2 aromatic heterocycles. The molecule has 0 aliphatic rings. The number of pyridine rings is 1. The normalized spacial score (nSPS) is 12.8. The third kappa shape index (κ3) is 3.86. The lowest BCUT2D eigenvalue weighted by Gasteiger charge is -2.16. The molecule has 2 heterocycles. The molecule has 2 aromatic rings. The van der Waals surface area contributed by atoms with Crippen molar-refractivity contribution in [3.05, 3.63) is 17.3 Å². The van der Waals surface area contributed by atoms with Crippen LogP contribution >= 0.6 is 23.4 Å². The number of H-pyrrole nitrogens is 1. The summed E-state index contributed by atoms with van der Waals surface area (Å²) >= 11 is 7.21. The lowest BCUT2D eigenvalue weighted by atomic mass is 10.1. The Morgan fingerprint density at radius 3 is 2.95 bits per heavy atom. The summed E-state index contributed by atoms with van der Waals surface area (Å²) in [6.45, 7) is 6.15. The van der Waals surface area contributed by atoms with Crippen LogP contribution < -0.4 is 5.32 Å². The van der Waals surface area contributed by atoms with E-state index in [-0.39, 0.29) is 11.9 Å². The second-order valence-corrected chi connectivity index (χ2v) is 6.36. The van der Waals surface area contributed by atoms with Crippen molar-refractivity contribution in [2.75, 3.05) is 5.75 Å². The van der Waals surface area contributed by atoms with Gasteiger partial charge in [-0.05, 0) is 18.9 Å². The predicted molar refractivity (Wildman–Crippen MR) is 82.1 cm³/mol. The molecule has 0 radical (unpaired) electrons. The number of thioether (sulfide) groups is 1. The number of carbonyl (C=O) groups is 1. The molecular formula is C13H17ClN4OS. The molecule has 5 nitrogen and oxygen atoms in total. The number of fused-ring (bicyclic) bond motifs is 1. The van der Waals surface area contributed by atoms with E-state index in [1.807, 2.05) is 6.92 Å². The Morgan fingerprint density at radius 1 is 1.50 bits per heavy atom. The van der Waals surface area contributed by atoms with Crippen molar-refractivity contribution in [2.45, 2.75) is 32.0 Å². The van der Waals surface area contributed by atoms with E-state index in [1.54, 1.807) is 12.3 Å². The first kappa shape index (κ1) is 15.1. The van der Waals surface area contributed by atoms with Crippen LogP contribution in [-0.4, -0.2) is 32.7 Å². The number of carbonyl (C=O) groups excluding carboxylic acids is 1. The van der Waals surface area contributed by atoms with Crippen LogP contribution in [0.5, 0.6) is 0 Å². The maximum absolute atomic E-state index is 11.8. The first-order chi connectivity index (χ1) is 9.45. The van der Waals surface area contributed by atoms with Gasteiger partial charge in [-0.2, -0.15) is 0 Å². The highest BCUT2D eigenvalue weighted by molar-refractivity contribution is 7.99. The van der Waals surface area contributed by atoms with Crippen molar-refractivity contribution in [3.63, 3.8) is 0 Å². The van der Waals surface area contributed by atoms with Gasteiger partial charge in [-0.1, -0.05) is 37.2 Å². The minimum atomic E-state index is 0.00245. The summed E-state index contributed by atoms with van der Waals surface area (Å²) < 4.78 is 0. The molecule has 20 heavy (non-hydrogen) atoms. The van der Waals surface area contributed by atoms with Gasteiger partial charge in [0.1, 0.15) is 0 Å². The molecule has 0 aromatic carbocycles. The molecule has 2 N–H and O–H groups in total. The van der Waals surface area contributed by atoms with Crippen molar-refractivity contribution in [3.8, 4) is 0 Å². The van der Waals surface area contributed by atoms with Crippen LogP contribution in [-0.2, 0) is 4.79 Å². The first-order valence-electron chi connectivity index (χ1n) is 6.39. The zero-order valence-corrected chi connectivity index (χ0v) is 13.2. The predicted octanol–water partition coefficient (Wildman–Crippen LogP) is 2.86. The number of amides is 1. The van der Waals surface area contributed by atoms with Gasteiger partial charge in [0, 0.05) is 12.2 Å². The Morgan fingerprint density at radius 2 is 2.25 bits per heavy atom. The minimum absolute atomic E-state index is 0.00245.